The van der Waals surface area contributed by atoms with Crippen molar-refractivity contribution >= 4 is 32.8 Å². The molecule has 4 atom stereocenters. The van der Waals surface area contributed by atoms with Gasteiger partial charge >= 0.3 is 0 Å². The number of aromatic nitrogens is 4. The van der Waals surface area contributed by atoms with Gasteiger partial charge in [-0.1, -0.05) is 236 Å². The van der Waals surface area contributed by atoms with Crippen LogP contribution in [0.15, 0.2) is 249 Å². The van der Waals surface area contributed by atoms with Crippen molar-refractivity contribution in [1.29, 1.82) is 0 Å². The number of hydrogen-bond donors (Lipinski definition) is 0. The Morgan fingerprint density at radius 1 is 0.478 bits per heavy atom. The summed E-state index contributed by atoms with van der Waals surface area (Å²) in [6.07, 6.45) is 5.79. The molecular weight excluding hydrogens is 1280 g/mol. The van der Waals surface area contributed by atoms with Crippen molar-refractivity contribution in [3.63, 3.8) is 0 Å². The molecule has 0 saturated carbocycles. The zero-order valence-electron chi connectivity index (χ0n) is 55.8. The fraction of sp³-hybridized carbons (Fsp3) is 0.143. The van der Waals surface area contributed by atoms with Crippen LogP contribution in [-0.2, 0) is 42.7 Å². The molecule has 3 aliphatic carbocycles. The van der Waals surface area contributed by atoms with Gasteiger partial charge in [0, 0.05) is 65.9 Å². The topological polar surface area (TPSA) is 35.9 Å². The third-order valence-electron chi connectivity index (χ3n) is 21.6. The first-order valence-electron chi connectivity index (χ1n) is 33.3. The van der Waals surface area contributed by atoms with Gasteiger partial charge in [-0.15, -0.1) is 29.7 Å². The number of imidazole rings is 1. The quantitative estimate of drug-likeness (QED) is 0.123. The molecule has 0 amide bonds. The van der Waals surface area contributed by atoms with E-state index < -0.39 is 18.1 Å². The van der Waals surface area contributed by atoms with Gasteiger partial charge in [-0.05, 0) is 141 Å². The van der Waals surface area contributed by atoms with Crippen LogP contribution in [0.4, 0.5) is 0 Å². The van der Waals surface area contributed by atoms with Gasteiger partial charge in [-0.25, -0.2) is 4.98 Å². The fourth-order valence-electron chi connectivity index (χ4n) is 17.2. The number of nitrogens with zero attached hydrogens (tertiary/aromatic N) is 4. The van der Waals surface area contributed by atoms with Crippen LogP contribution in [0.2, 0.25) is 0 Å². The number of para-hydroxylation sites is 2. The molecular formula is C84H62N4OPt-2. The monoisotopic (exact) mass is 1340 g/mol. The Morgan fingerprint density at radius 2 is 1.06 bits per heavy atom. The Balaban J connectivity index is 0.00000684. The maximum absolute atomic E-state index is 9.54. The molecule has 90 heavy (non-hydrogen) atoms. The first-order chi connectivity index (χ1) is 45.4. The summed E-state index contributed by atoms with van der Waals surface area (Å²) in [6, 6.07) is 81.0. The zero-order chi connectivity index (χ0) is 64.3. The Labute approximate surface area is 546 Å². The average molecular weight is 1340 g/mol. The van der Waals surface area contributed by atoms with Crippen LogP contribution in [0.25, 0.3) is 106 Å². The minimum absolute atomic E-state index is 0. The fourth-order valence-corrected chi connectivity index (χ4v) is 17.2. The molecule has 18 rings (SSSR count). The molecule has 11 aromatic carbocycles. The Morgan fingerprint density at radius 3 is 1.74 bits per heavy atom. The van der Waals surface area contributed by atoms with Gasteiger partial charge in [0.25, 0.3) is 6.33 Å². The van der Waals surface area contributed by atoms with Gasteiger partial charge < -0.3 is 13.9 Å². The van der Waals surface area contributed by atoms with Gasteiger partial charge in [-0.2, -0.15) is 18.2 Å². The molecule has 436 valence electrons. The molecule has 1 aliphatic heterocycles. The Kier molecular flexibility index (Phi) is 10.5. The van der Waals surface area contributed by atoms with Crippen LogP contribution in [0.1, 0.15) is 94.3 Å². The van der Waals surface area contributed by atoms with Gasteiger partial charge in [0.1, 0.15) is 5.82 Å². The molecule has 0 bridgehead atoms. The molecule has 0 spiro atoms. The molecule has 0 fully saturated rings. The number of hydrogen-bond acceptors (Lipinski definition) is 2. The number of rotatable bonds is 6. The summed E-state index contributed by atoms with van der Waals surface area (Å²) in [5.74, 6) is 1.74. The predicted molar refractivity (Wildman–Crippen MR) is 360 cm³/mol. The maximum Gasteiger partial charge on any atom is 0.268 e. The van der Waals surface area contributed by atoms with E-state index in [2.05, 4.69) is 246 Å². The van der Waals surface area contributed by atoms with E-state index in [0.29, 0.717) is 28.4 Å². The van der Waals surface area contributed by atoms with Gasteiger partial charge in [-0.3, -0.25) is 4.57 Å². The zero-order valence-corrected chi connectivity index (χ0v) is 53.1. The van der Waals surface area contributed by atoms with Crippen LogP contribution < -0.4 is 9.30 Å². The summed E-state index contributed by atoms with van der Waals surface area (Å²) in [5, 5.41) is 2.10. The minimum atomic E-state index is -0.454. The molecule has 4 unspecified atom stereocenters. The summed E-state index contributed by atoms with van der Waals surface area (Å²) >= 11 is 0. The van der Waals surface area contributed by atoms with Gasteiger partial charge in [0.05, 0.1) is 23.6 Å². The van der Waals surface area contributed by atoms with Crippen LogP contribution in [-0.4, -0.2) is 14.1 Å². The summed E-state index contributed by atoms with van der Waals surface area (Å²) in [5.41, 5.74) is 20.9. The normalized spacial score (nSPS) is 20.4. The van der Waals surface area contributed by atoms with Gasteiger partial charge in [0.2, 0.25) is 0 Å². The number of fused-ring (bicyclic) bond motifs is 19. The molecule has 4 aliphatic rings. The van der Waals surface area contributed by atoms with Crippen molar-refractivity contribution in [2.75, 3.05) is 0 Å². The van der Waals surface area contributed by atoms with Crippen LogP contribution >= 0.6 is 0 Å². The van der Waals surface area contributed by atoms with E-state index in [-0.39, 0.29) is 65.8 Å². The average Bonchev–Trinajstić information content (AvgIpc) is 1.44. The van der Waals surface area contributed by atoms with Crippen molar-refractivity contribution in [1.82, 2.24) is 14.1 Å². The van der Waals surface area contributed by atoms with Crippen LogP contribution in [0.5, 0.6) is 11.5 Å². The van der Waals surface area contributed by atoms with Crippen molar-refractivity contribution in [3.8, 4) is 84.3 Å². The predicted octanol–water partition coefficient (Wildman–Crippen LogP) is 19.8. The molecule has 5 nitrogen and oxygen atoms in total. The summed E-state index contributed by atoms with van der Waals surface area (Å²) in [6.45, 7) is 16.7. The number of ether oxygens (including phenoxy) is 1. The Bertz CT molecular complexity index is 5670. The van der Waals surface area contributed by atoms with E-state index in [4.69, 9.17) is 13.8 Å². The second-order valence-corrected chi connectivity index (χ2v) is 26.4. The third-order valence-corrected chi connectivity index (χ3v) is 21.6. The molecule has 3 aromatic heterocycles. The smallest absolute Gasteiger partial charge is 0.268 e. The largest absolute Gasteiger partial charge is 0.510 e. The maximum atomic E-state index is 9.54. The number of pyridine rings is 1. The van der Waals surface area contributed by atoms with E-state index in [9.17, 15) is 2.74 Å². The second kappa shape index (κ2) is 19.2. The summed E-state index contributed by atoms with van der Waals surface area (Å²) in [7, 11) is 0. The molecule has 0 N–H and O–H groups in total. The van der Waals surface area contributed by atoms with E-state index >= 15 is 0 Å². The summed E-state index contributed by atoms with van der Waals surface area (Å²) in [4.78, 5) is 4.93. The van der Waals surface area contributed by atoms with Crippen LogP contribution in [0, 0.1) is 23.9 Å². The molecule has 14 aromatic rings. The molecule has 0 radical (unpaired) electrons. The molecule has 6 heteroatoms. The van der Waals surface area contributed by atoms with Gasteiger partial charge in [0.15, 0.2) is 0 Å². The van der Waals surface area contributed by atoms with E-state index in [1.807, 2.05) is 53.2 Å². The van der Waals surface area contributed by atoms with E-state index in [0.717, 1.165) is 83.2 Å². The Hall–Kier alpha value is -9.67. The van der Waals surface area contributed by atoms with Crippen molar-refractivity contribution in [2.24, 2.45) is 5.41 Å². The third kappa shape index (κ3) is 7.02. The van der Waals surface area contributed by atoms with Crippen molar-refractivity contribution < 1.29 is 37.2 Å². The van der Waals surface area contributed by atoms with Crippen molar-refractivity contribution in [3.05, 3.63) is 306 Å². The number of benzene rings is 11. The second-order valence-electron chi connectivity index (χ2n) is 26.4. The minimum Gasteiger partial charge on any atom is -0.510 e. The standard InChI is InChI=1S/C84H62N4O.Pt/c1-80(2,3)55-43-44-85-77(48-55)88-74-38-20-15-31-64(74)65-41-40-58(50-75(65)88)89-57-26-21-25-56(49-57)86-51-87-78-59(52-23-9-8-10-24-52)32-22-33-66(78)62-29-13-11-27-60(62)61-28-12-14-30-63(61)67-45-54(47-76(86)79(67)87)53-39-42-72-73(46-53)83(6)71-37-19-18-36-70(71)81(4)68-34-16-17-35-69(68)82(72,5)84(81,83)7;/h8-48H,1-7H3;/q-2;/i8D,9D,10D,23D,24D;. The van der Waals surface area contributed by atoms with Crippen molar-refractivity contribution in [2.45, 2.75) is 70.1 Å². The first kappa shape index (κ1) is 49.2. The summed E-state index contributed by atoms with van der Waals surface area (Å²) < 4.78 is 59.0. The molecule has 4 heterocycles. The first-order valence-corrected chi connectivity index (χ1v) is 30.8. The molecule has 0 saturated heterocycles. The van der Waals surface area contributed by atoms with E-state index in [1.54, 1.807) is 0 Å². The van der Waals surface area contributed by atoms with E-state index in [1.165, 1.54) is 38.9 Å². The van der Waals surface area contributed by atoms with Crippen LogP contribution in [0.3, 0.4) is 0 Å². The SMILES string of the molecule is [2H]c1c([2H])c([2H])c(-c2cccc3c2-[n+]2[c-]n(-c4[c-]c(Oc5[c-]c6c(cc5)c5ccccc5n6-c5cc(C(C)(C)C)ccn5)ccc4)c4cc(-c5ccc6c(c5)C5(C)c7ccccc7C7(C)c8ccccc8C6(C)C75C)cc(c42)-c2ccccc2-c2ccccc2-3)c([2H])c1[2H].[Pt].